The van der Waals surface area contributed by atoms with E-state index in [1.807, 2.05) is 13.0 Å². The second-order valence-electron chi connectivity index (χ2n) is 3.93. The first-order valence-electron chi connectivity index (χ1n) is 5.44. The molecule has 0 spiro atoms. The van der Waals surface area contributed by atoms with E-state index in [9.17, 15) is 4.79 Å². The molecule has 1 atom stereocenters. The average Bonchev–Trinajstić information content (AvgIpc) is 2.38. The Balaban J connectivity index is 2.12. The Hall–Kier alpha value is -1.93. The zero-order chi connectivity index (χ0) is 12.3. The molecular weight excluding hydrogens is 218 g/mol. The number of aryl methyl sites for hydroxylation is 1. The first-order valence-corrected chi connectivity index (χ1v) is 5.44. The first-order chi connectivity index (χ1) is 8.20. The molecule has 2 rings (SSSR count). The Kier molecular flexibility index (Phi) is 3.35. The van der Waals surface area contributed by atoms with Gasteiger partial charge in [-0.1, -0.05) is 0 Å². The van der Waals surface area contributed by atoms with Crippen molar-refractivity contribution in [3.8, 4) is 6.07 Å². The molecule has 5 heteroatoms. The van der Waals surface area contributed by atoms with Crippen LogP contribution in [0.4, 0.5) is 0 Å². The number of morpholine rings is 1. The van der Waals surface area contributed by atoms with E-state index in [0.717, 1.165) is 5.69 Å². The minimum absolute atomic E-state index is 0.0703. The van der Waals surface area contributed by atoms with Crippen LogP contribution in [-0.4, -0.2) is 41.6 Å². The number of rotatable bonds is 1. The van der Waals surface area contributed by atoms with E-state index in [1.54, 1.807) is 23.2 Å². The Morgan fingerprint density at radius 2 is 2.53 bits per heavy atom. The molecule has 0 bridgehead atoms. The zero-order valence-electron chi connectivity index (χ0n) is 9.59. The number of ether oxygens (including phenoxy) is 1. The Labute approximate surface area is 99.6 Å². The number of nitrogens with zero attached hydrogens (tertiary/aromatic N) is 3. The minimum Gasteiger partial charge on any atom is -0.360 e. The van der Waals surface area contributed by atoms with Crippen molar-refractivity contribution >= 4 is 5.91 Å². The highest BCUT2D eigenvalue weighted by atomic mass is 16.5. The van der Waals surface area contributed by atoms with Crippen molar-refractivity contribution in [3.05, 3.63) is 29.6 Å². The Morgan fingerprint density at radius 1 is 1.71 bits per heavy atom. The van der Waals surface area contributed by atoms with E-state index in [2.05, 4.69) is 4.98 Å². The maximum atomic E-state index is 12.1. The predicted octanol–water partition coefficient (Wildman–Crippen LogP) is 0.755. The van der Waals surface area contributed by atoms with Crippen LogP contribution >= 0.6 is 0 Å². The monoisotopic (exact) mass is 231 g/mol. The lowest BCUT2D eigenvalue weighted by Gasteiger charge is -2.29. The van der Waals surface area contributed by atoms with Crippen LogP contribution in [0.25, 0.3) is 0 Å². The topological polar surface area (TPSA) is 66.2 Å². The van der Waals surface area contributed by atoms with Crippen LogP contribution < -0.4 is 0 Å². The smallest absolute Gasteiger partial charge is 0.254 e. The van der Waals surface area contributed by atoms with Gasteiger partial charge < -0.3 is 9.64 Å². The summed E-state index contributed by atoms with van der Waals surface area (Å²) in [6, 6.07) is 5.46. The standard InChI is InChI=1S/C12H13N3O2/c1-9-6-10(2-3-14-9)12(16)15-4-5-17-11(7-13)8-15/h2-3,6,11H,4-5,8H2,1H3. The molecule has 1 saturated heterocycles. The van der Waals surface area contributed by atoms with Crippen molar-refractivity contribution in [1.29, 1.82) is 5.26 Å². The Bertz CT molecular complexity index is 467. The highest BCUT2D eigenvalue weighted by molar-refractivity contribution is 5.94. The van der Waals surface area contributed by atoms with E-state index in [-0.39, 0.29) is 5.91 Å². The zero-order valence-corrected chi connectivity index (χ0v) is 9.59. The fourth-order valence-corrected chi connectivity index (χ4v) is 1.77. The highest BCUT2D eigenvalue weighted by Gasteiger charge is 2.24. The van der Waals surface area contributed by atoms with Gasteiger partial charge in [0.05, 0.1) is 19.2 Å². The lowest BCUT2D eigenvalue weighted by molar-refractivity contribution is 0.00346. The summed E-state index contributed by atoms with van der Waals surface area (Å²) in [6.07, 6.45) is 1.10. The molecule has 1 aromatic rings. The van der Waals surface area contributed by atoms with Crippen LogP contribution in [0, 0.1) is 18.3 Å². The molecule has 0 aliphatic carbocycles. The quantitative estimate of drug-likeness (QED) is 0.715. The van der Waals surface area contributed by atoms with Crippen molar-refractivity contribution in [2.24, 2.45) is 0 Å². The molecule has 5 nitrogen and oxygen atoms in total. The number of aromatic nitrogens is 1. The van der Waals surface area contributed by atoms with Crippen molar-refractivity contribution in [3.63, 3.8) is 0 Å². The third kappa shape index (κ3) is 2.60. The molecule has 1 amide bonds. The summed E-state index contributed by atoms with van der Waals surface area (Å²) in [7, 11) is 0. The molecule has 0 saturated carbocycles. The van der Waals surface area contributed by atoms with E-state index >= 15 is 0 Å². The predicted molar refractivity (Wildman–Crippen MR) is 60.2 cm³/mol. The second kappa shape index (κ2) is 4.93. The molecule has 1 aliphatic heterocycles. The number of amides is 1. The van der Waals surface area contributed by atoms with Gasteiger partial charge in [0, 0.05) is 24.0 Å². The van der Waals surface area contributed by atoms with Crippen LogP contribution in [0.1, 0.15) is 16.1 Å². The van der Waals surface area contributed by atoms with Gasteiger partial charge in [-0.05, 0) is 19.1 Å². The normalized spacial score (nSPS) is 19.8. The maximum Gasteiger partial charge on any atom is 0.254 e. The molecule has 0 aromatic carbocycles. The van der Waals surface area contributed by atoms with Gasteiger partial charge >= 0.3 is 0 Å². The molecule has 17 heavy (non-hydrogen) atoms. The van der Waals surface area contributed by atoms with Gasteiger partial charge in [0.25, 0.3) is 5.91 Å². The number of nitriles is 1. The molecule has 1 fully saturated rings. The summed E-state index contributed by atoms with van der Waals surface area (Å²) in [4.78, 5) is 17.8. The molecule has 1 aromatic heterocycles. The number of hydrogen-bond acceptors (Lipinski definition) is 4. The molecular formula is C12H13N3O2. The van der Waals surface area contributed by atoms with Crippen LogP contribution in [0.3, 0.4) is 0 Å². The van der Waals surface area contributed by atoms with Crippen LogP contribution in [0.2, 0.25) is 0 Å². The van der Waals surface area contributed by atoms with Gasteiger partial charge in [-0.3, -0.25) is 9.78 Å². The van der Waals surface area contributed by atoms with Gasteiger partial charge in [0.1, 0.15) is 0 Å². The Morgan fingerprint density at radius 3 is 3.24 bits per heavy atom. The SMILES string of the molecule is Cc1cc(C(=O)N2CCOC(C#N)C2)ccn1. The molecule has 2 heterocycles. The summed E-state index contributed by atoms with van der Waals surface area (Å²) < 4.78 is 5.20. The number of carbonyl (C=O) groups is 1. The summed E-state index contributed by atoms with van der Waals surface area (Å²) in [5.74, 6) is -0.0703. The summed E-state index contributed by atoms with van der Waals surface area (Å²) in [6.45, 7) is 3.11. The molecule has 0 radical (unpaired) electrons. The molecule has 1 aliphatic rings. The first kappa shape index (κ1) is 11.6. The second-order valence-corrected chi connectivity index (χ2v) is 3.93. The van der Waals surface area contributed by atoms with Gasteiger partial charge in [-0.2, -0.15) is 5.26 Å². The number of pyridine rings is 1. The number of carbonyl (C=O) groups excluding carboxylic acids is 1. The van der Waals surface area contributed by atoms with Gasteiger partial charge in [0.2, 0.25) is 0 Å². The highest BCUT2D eigenvalue weighted by Crippen LogP contribution is 2.10. The minimum atomic E-state index is -0.518. The van der Waals surface area contributed by atoms with Crippen LogP contribution in [0.15, 0.2) is 18.3 Å². The van der Waals surface area contributed by atoms with Gasteiger partial charge in [-0.15, -0.1) is 0 Å². The van der Waals surface area contributed by atoms with Crippen molar-refractivity contribution < 1.29 is 9.53 Å². The van der Waals surface area contributed by atoms with Crippen LogP contribution in [-0.2, 0) is 4.74 Å². The summed E-state index contributed by atoms with van der Waals surface area (Å²) in [5.41, 5.74) is 1.41. The van der Waals surface area contributed by atoms with E-state index < -0.39 is 6.10 Å². The van der Waals surface area contributed by atoms with Gasteiger partial charge in [-0.25, -0.2) is 0 Å². The summed E-state index contributed by atoms with van der Waals surface area (Å²) in [5, 5.41) is 8.78. The third-order valence-corrected chi connectivity index (χ3v) is 2.64. The lowest BCUT2D eigenvalue weighted by atomic mass is 10.2. The van der Waals surface area contributed by atoms with Crippen molar-refractivity contribution in [2.75, 3.05) is 19.7 Å². The summed E-state index contributed by atoms with van der Waals surface area (Å²) >= 11 is 0. The van der Waals surface area contributed by atoms with E-state index in [4.69, 9.17) is 10.00 Å². The maximum absolute atomic E-state index is 12.1. The van der Waals surface area contributed by atoms with E-state index in [0.29, 0.717) is 25.3 Å². The fraction of sp³-hybridized carbons (Fsp3) is 0.417. The molecule has 1 unspecified atom stereocenters. The third-order valence-electron chi connectivity index (χ3n) is 2.64. The molecule has 88 valence electrons. The fourth-order valence-electron chi connectivity index (χ4n) is 1.77. The largest absolute Gasteiger partial charge is 0.360 e. The van der Waals surface area contributed by atoms with Gasteiger partial charge in [0.15, 0.2) is 6.10 Å². The average molecular weight is 231 g/mol. The lowest BCUT2D eigenvalue weighted by Crippen LogP contribution is -2.45. The van der Waals surface area contributed by atoms with Crippen molar-refractivity contribution in [2.45, 2.75) is 13.0 Å². The van der Waals surface area contributed by atoms with Crippen molar-refractivity contribution in [1.82, 2.24) is 9.88 Å². The number of hydrogen-bond donors (Lipinski definition) is 0. The molecule has 0 N–H and O–H groups in total. The van der Waals surface area contributed by atoms with Crippen LogP contribution in [0.5, 0.6) is 0 Å². The van der Waals surface area contributed by atoms with E-state index in [1.165, 1.54) is 0 Å².